The maximum atomic E-state index is 14.4. The van der Waals surface area contributed by atoms with Gasteiger partial charge in [-0.15, -0.1) is 12.4 Å². The molecule has 0 amide bonds. The first-order chi connectivity index (χ1) is 22.3. The molecule has 47 heavy (non-hydrogen) atoms. The van der Waals surface area contributed by atoms with Crippen LogP contribution in [0.15, 0.2) is 77.6 Å². The summed E-state index contributed by atoms with van der Waals surface area (Å²) in [6.45, 7) is 0.192. The molecular weight excluding hydrogens is 628 g/mol. The van der Waals surface area contributed by atoms with Gasteiger partial charge in [-0.05, 0) is 71.8 Å². The number of nitrogens with two attached hydrogens (primary N) is 1. The first-order valence-corrected chi connectivity index (χ1v) is 14.1. The maximum Gasteiger partial charge on any atom is 0.355 e. The molecule has 0 saturated heterocycles. The number of nitrogen functional groups attached to an aromatic ring is 1. The number of hydrogen-bond donors (Lipinski definition) is 1. The second kappa shape index (κ2) is 14.7. The van der Waals surface area contributed by atoms with Gasteiger partial charge in [-0.25, -0.2) is 4.79 Å². The standard InChI is InChI=1S/C35H34N2O9.ClH/c1-40-24-13-7-20(8-14-24)19-46-28-18-26-25(17-27(28)41-2)31(21-15-29(42-3)33(44-5)30(16-21)43-4)32(35(39)45-6)37(34(26)38)23-11-9-22(36)10-12-23;/h7-18H,19,36H2,1-6H3;1H. The van der Waals surface area contributed by atoms with Gasteiger partial charge in [0.15, 0.2) is 23.0 Å². The second-order valence-electron chi connectivity index (χ2n) is 10.0. The quantitative estimate of drug-likeness (QED) is 0.131. The Hall–Kier alpha value is -5.55. The van der Waals surface area contributed by atoms with E-state index >= 15 is 0 Å². The summed E-state index contributed by atoms with van der Waals surface area (Å²) in [7, 11) is 8.82. The van der Waals surface area contributed by atoms with E-state index in [0.29, 0.717) is 56.6 Å². The number of esters is 1. The Labute approximate surface area is 277 Å². The minimum Gasteiger partial charge on any atom is -0.497 e. The lowest BCUT2D eigenvalue weighted by atomic mass is 9.95. The van der Waals surface area contributed by atoms with Crippen molar-refractivity contribution >= 4 is 34.8 Å². The molecule has 2 N–H and O–H groups in total. The Morgan fingerprint density at radius 3 is 1.83 bits per heavy atom. The third-order valence-corrected chi connectivity index (χ3v) is 7.50. The van der Waals surface area contributed by atoms with Crippen molar-refractivity contribution in [3.05, 3.63) is 94.4 Å². The van der Waals surface area contributed by atoms with Gasteiger partial charge in [-0.2, -0.15) is 0 Å². The number of nitrogens with zero attached hydrogens (tertiary/aromatic N) is 1. The molecule has 1 aromatic heterocycles. The van der Waals surface area contributed by atoms with Gasteiger partial charge in [0.25, 0.3) is 5.56 Å². The number of pyridine rings is 1. The number of methoxy groups -OCH3 is 6. The maximum absolute atomic E-state index is 14.4. The predicted octanol–water partition coefficient (Wildman–Crippen LogP) is 6.07. The number of ether oxygens (including phenoxy) is 7. The highest BCUT2D eigenvalue weighted by Crippen LogP contribution is 2.45. The molecule has 1 heterocycles. The van der Waals surface area contributed by atoms with Gasteiger partial charge >= 0.3 is 5.97 Å². The van der Waals surface area contributed by atoms with E-state index in [1.54, 1.807) is 55.6 Å². The highest BCUT2D eigenvalue weighted by Gasteiger charge is 2.28. The Bertz CT molecular complexity index is 1930. The van der Waals surface area contributed by atoms with Crippen molar-refractivity contribution in [1.82, 2.24) is 4.57 Å². The highest BCUT2D eigenvalue weighted by atomic mass is 35.5. The Balaban J connectivity index is 0.00000500. The van der Waals surface area contributed by atoms with Crippen molar-refractivity contribution in [2.45, 2.75) is 6.61 Å². The van der Waals surface area contributed by atoms with Crippen molar-refractivity contribution in [3.8, 4) is 51.3 Å². The summed E-state index contributed by atoms with van der Waals surface area (Å²) in [4.78, 5) is 28.1. The number of carbonyl (C=O) groups is 1. The molecule has 4 aromatic carbocycles. The van der Waals surface area contributed by atoms with E-state index < -0.39 is 11.5 Å². The van der Waals surface area contributed by atoms with Crippen LogP contribution in [-0.4, -0.2) is 53.2 Å². The molecule has 0 bridgehead atoms. The third-order valence-electron chi connectivity index (χ3n) is 7.50. The van der Waals surface area contributed by atoms with Crippen LogP contribution in [0.5, 0.6) is 34.5 Å². The fourth-order valence-corrected chi connectivity index (χ4v) is 5.24. The van der Waals surface area contributed by atoms with Crippen molar-refractivity contribution in [2.75, 3.05) is 48.4 Å². The zero-order valence-electron chi connectivity index (χ0n) is 26.7. The molecule has 0 spiro atoms. The van der Waals surface area contributed by atoms with Crippen LogP contribution >= 0.6 is 12.4 Å². The van der Waals surface area contributed by atoms with Gasteiger partial charge in [0.2, 0.25) is 5.75 Å². The number of hydrogen-bond acceptors (Lipinski definition) is 10. The average molecular weight is 663 g/mol. The van der Waals surface area contributed by atoms with Crippen LogP contribution < -0.4 is 39.7 Å². The minimum atomic E-state index is -0.752. The Morgan fingerprint density at radius 2 is 1.30 bits per heavy atom. The Morgan fingerprint density at radius 1 is 0.702 bits per heavy atom. The van der Waals surface area contributed by atoms with E-state index in [1.165, 1.54) is 40.1 Å². The zero-order valence-corrected chi connectivity index (χ0v) is 27.6. The molecule has 5 rings (SSSR count). The van der Waals surface area contributed by atoms with Crippen LogP contribution in [0.25, 0.3) is 27.6 Å². The van der Waals surface area contributed by atoms with Gasteiger partial charge in [-0.1, -0.05) is 12.1 Å². The summed E-state index contributed by atoms with van der Waals surface area (Å²) >= 11 is 0. The van der Waals surface area contributed by atoms with Crippen molar-refractivity contribution in [3.63, 3.8) is 0 Å². The summed E-state index contributed by atoms with van der Waals surface area (Å²) in [5.41, 5.74) is 8.04. The van der Waals surface area contributed by atoms with Gasteiger partial charge in [0, 0.05) is 22.3 Å². The molecule has 12 heteroatoms. The lowest BCUT2D eigenvalue weighted by Crippen LogP contribution is -2.27. The van der Waals surface area contributed by atoms with Gasteiger partial charge < -0.3 is 38.9 Å². The average Bonchev–Trinajstić information content (AvgIpc) is 3.09. The highest BCUT2D eigenvalue weighted by molar-refractivity contribution is 6.08. The minimum absolute atomic E-state index is 0. The van der Waals surface area contributed by atoms with Crippen LogP contribution in [0.1, 0.15) is 16.1 Å². The van der Waals surface area contributed by atoms with E-state index in [9.17, 15) is 9.59 Å². The third kappa shape index (κ3) is 6.56. The number of aromatic nitrogens is 1. The van der Waals surface area contributed by atoms with E-state index in [0.717, 1.165) is 11.3 Å². The van der Waals surface area contributed by atoms with Crippen LogP contribution in [0.4, 0.5) is 5.69 Å². The van der Waals surface area contributed by atoms with Crippen LogP contribution in [-0.2, 0) is 11.3 Å². The molecular formula is C35H35ClN2O9. The SMILES string of the molecule is COC(=O)c1c(-c2cc(OC)c(OC)c(OC)c2)c2cc(OC)c(OCc3ccc(OC)cc3)cc2c(=O)n1-c1ccc(N)cc1.Cl. The fraction of sp³-hybridized carbons (Fsp3) is 0.200. The number of carbonyl (C=O) groups excluding carboxylic acids is 1. The summed E-state index contributed by atoms with van der Waals surface area (Å²) < 4.78 is 40.5. The number of benzene rings is 4. The molecule has 0 aliphatic heterocycles. The molecule has 0 aliphatic carbocycles. The van der Waals surface area contributed by atoms with E-state index in [2.05, 4.69) is 0 Å². The molecule has 5 aromatic rings. The summed E-state index contributed by atoms with van der Waals surface area (Å²) in [5.74, 6) is 1.68. The van der Waals surface area contributed by atoms with Crippen molar-refractivity contribution in [1.29, 1.82) is 0 Å². The molecule has 0 saturated carbocycles. The first-order valence-electron chi connectivity index (χ1n) is 14.1. The van der Waals surface area contributed by atoms with Gasteiger partial charge in [0.05, 0.1) is 48.0 Å². The molecule has 246 valence electrons. The molecule has 11 nitrogen and oxygen atoms in total. The molecule has 0 atom stereocenters. The monoisotopic (exact) mass is 662 g/mol. The first kappa shape index (κ1) is 34.3. The molecule has 0 fully saturated rings. The predicted molar refractivity (Wildman–Crippen MR) is 182 cm³/mol. The largest absolute Gasteiger partial charge is 0.497 e. The van der Waals surface area contributed by atoms with Crippen LogP contribution in [0.2, 0.25) is 0 Å². The lowest BCUT2D eigenvalue weighted by molar-refractivity contribution is 0.0591. The molecule has 0 aliphatic rings. The summed E-state index contributed by atoms with van der Waals surface area (Å²) in [6.07, 6.45) is 0. The molecule has 0 radical (unpaired) electrons. The fourth-order valence-electron chi connectivity index (χ4n) is 5.24. The number of rotatable bonds is 11. The Kier molecular flexibility index (Phi) is 10.7. The van der Waals surface area contributed by atoms with Gasteiger partial charge in [0.1, 0.15) is 18.1 Å². The summed E-state index contributed by atoms with van der Waals surface area (Å²) in [5, 5.41) is 0.652. The normalized spacial score (nSPS) is 10.5. The smallest absolute Gasteiger partial charge is 0.355 e. The number of fused-ring (bicyclic) bond motifs is 1. The van der Waals surface area contributed by atoms with Crippen LogP contribution in [0, 0.1) is 0 Å². The number of halogens is 1. The van der Waals surface area contributed by atoms with Crippen molar-refractivity contribution < 1.29 is 38.0 Å². The van der Waals surface area contributed by atoms with Crippen molar-refractivity contribution in [2.24, 2.45) is 0 Å². The second-order valence-corrected chi connectivity index (χ2v) is 10.0. The zero-order chi connectivity index (χ0) is 33.0. The van der Waals surface area contributed by atoms with E-state index in [1.807, 2.05) is 24.3 Å². The van der Waals surface area contributed by atoms with E-state index in [4.69, 9.17) is 38.9 Å². The summed E-state index contributed by atoms with van der Waals surface area (Å²) in [6, 6.07) is 20.7. The topological polar surface area (TPSA) is 130 Å². The van der Waals surface area contributed by atoms with E-state index in [-0.39, 0.29) is 30.1 Å². The van der Waals surface area contributed by atoms with Gasteiger partial charge in [-0.3, -0.25) is 9.36 Å². The lowest BCUT2D eigenvalue weighted by Gasteiger charge is -2.21. The van der Waals surface area contributed by atoms with Crippen LogP contribution in [0.3, 0.4) is 0 Å². The molecule has 0 unspecified atom stereocenters. The number of anilines is 1.